The molecule has 0 bridgehead atoms. The third kappa shape index (κ3) is 10.0. The minimum absolute atomic E-state index is 0.00248. The standard InChI is InChI=1S/C23H33F3N3O8PS2/c1-15(2)36-21(31)16(3)28-38(33,37-17-9-7-6-8-10-17)35-13-18(34-5)20(30)22(32,23(24,25)26)29(14-39)12-11-19(40)27-4/h6-12,14-16,18,20,30,32H,13H2,1-5H3,(H,27,40)(H,28,33)/b12-11-. The second kappa shape index (κ2) is 15.7. The van der Waals surface area contributed by atoms with Crippen LogP contribution in [-0.2, 0) is 23.4 Å². The normalized spacial score (nSPS) is 17.3. The average Bonchev–Trinajstić information content (AvgIpc) is 2.88. The average molecular weight is 632 g/mol. The number of benzene rings is 1. The SMILES string of the molecule is CNC(=S)/C=C\N(C=S)C(O)(C(O)C(COP(=O)(NC(C)C(=O)OC(C)C)Oc1ccccc1)OC)C(F)(F)F. The zero-order valence-electron chi connectivity index (χ0n) is 22.3. The van der Waals surface area contributed by atoms with Crippen LogP contribution in [0, 0.1) is 0 Å². The number of aliphatic hydroxyl groups excluding tert-OH is 1. The van der Waals surface area contributed by atoms with E-state index in [1.165, 1.54) is 26.1 Å². The number of hydrogen-bond acceptors (Lipinski definition) is 10. The predicted octanol–water partition coefficient (Wildman–Crippen LogP) is 3.07. The van der Waals surface area contributed by atoms with E-state index in [4.69, 9.17) is 30.7 Å². The van der Waals surface area contributed by atoms with Gasteiger partial charge in [-0.15, -0.1) is 0 Å². The summed E-state index contributed by atoms with van der Waals surface area (Å²) in [5, 5.41) is 26.4. The molecule has 4 N–H and O–H groups in total. The van der Waals surface area contributed by atoms with E-state index in [2.05, 4.69) is 22.6 Å². The fourth-order valence-corrected chi connectivity index (χ4v) is 4.77. The first-order valence-corrected chi connectivity index (χ1v) is 14.1. The molecule has 1 aromatic carbocycles. The Labute approximate surface area is 241 Å². The maximum atomic E-state index is 14.2. The molecule has 0 heterocycles. The number of carbonyl (C=O) groups is 1. The lowest BCUT2D eigenvalue weighted by Crippen LogP contribution is -2.67. The Bertz CT molecular complexity index is 1070. The number of nitrogens with one attached hydrogen (secondary N) is 2. The van der Waals surface area contributed by atoms with Crippen LogP contribution in [0.3, 0.4) is 0 Å². The van der Waals surface area contributed by atoms with Crippen LogP contribution in [0.4, 0.5) is 13.2 Å². The molecule has 5 atom stereocenters. The molecule has 0 radical (unpaired) electrons. The highest BCUT2D eigenvalue weighted by atomic mass is 32.1. The van der Waals surface area contributed by atoms with Gasteiger partial charge >= 0.3 is 19.9 Å². The van der Waals surface area contributed by atoms with Crippen molar-refractivity contribution < 1.29 is 51.3 Å². The van der Waals surface area contributed by atoms with E-state index < -0.39 is 56.6 Å². The van der Waals surface area contributed by atoms with Crippen LogP contribution in [0.5, 0.6) is 5.75 Å². The van der Waals surface area contributed by atoms with Crippen molar-refractivity contribution in [1.82, 2.24) is 15.3 Å². The maximum absolute atomic E-state index is 14.2. The summed E-state index contributed by atoms with van der Waals surface area (Å²) in [5.74, 6) is -0.783. The van der Waals surface area contributed by atoms with Gasteiger partial charge < -0.3 is 34.4 Å². The molecule has 1 rings (SSSR count). The first kappa shape index (κ1) is 35.9. The zero-order chi connectivity index (χ0) is 30.7. The molecule has 226 valence electrons. The van der Waals surface area contributed by atoms with E-state index in [1.54, 1.807) is 32.0 Å². The number of alkyl halides is 3. The largest absolute Gasteiger partial charge is 0.462 e. The van der Waals surface area contributed by atoms with E-state index >= 15 is 0 Å². The molecule has 11 nitrogen and oxygen atoms in total. The van der Waals surface area contributed by atoms with Crippen molar-refractivity contribution in [1.29, 1.82) is 0 Å². The lowest BCUT2D eigenvalue weighted by molar-refractivity contribution is -0.336. The van der Waals surface area contributed by atoms with Crippen LogP contribution >= 0.6 is 32.2 Å². The number of methoxy groups -OCH3 is 1. The first-order chi connectivity index (χ1) is 18.5. The van der Waals surface area contributed by atoms with Crippen LogP contribution in [0.15, 0.2) is 42.6 Å². The summed E-state index contributed by atoms with van der Waals surface area (Å²) in [5.41, 5.74) is -3.59. The summed E-state index contributed by atoms with van der Waals surface area (Å²) in [6, 6.07) is 6.33. The third-order valence-corrected chi connectivity index (χ3v) is 7.27. The van der Waals surface area contributed by atoms with E-state index in [0.29, 0.717) is 11.7 Å². The molecule has 0 amide bonds. The molecular formula is C23H33F3N3O8PS2. The highest BCUT2D eigenvalue weighted by Gasteiger charge is 2.64. The Kier molecular flexibility index (Phi) is 14.1. The van der Waals surface area contributed by atoms with Gasteiger partial charge in [0.15, 0.2) is 0 Å². The summed E-state index contributed by atoms with van der Waals surface area (Å²) in [4.78, 5) is 12.4. The van der Waals surface area contributed by atoms with Gasteiger partial charge in [0.2, 0.25) is 0 Å². The van der Waals surface area contributed by atoms with Gasteiger partial charge in [0, 0.05) is 20.4 Å². The van der Waals surface area contributed by atoms with E-state index in [1.807, 2.05) is 0 Å². The van der Waals surface area contributed by atoms with Crippen molar-refractivity contribution in [3.8, 4) is 5.75 Å². The second-order valence-electron chi connectivity index (χ2n) is 8.42. The van der Waals surface area contributed by atoms with Gasteiger partial charge in [-0.2, -0.15) is 18.3 Å². The molecule has 0 aliphatic heterocycles. The molecular weight excluding hydrogens is 598 g/mol. The fourth-order valence-electron chi connectivity index (χ4n) is 2.98. The number of halogens is 3. The summed E-state index contributed by atoms with van der Waals surface area (Å²) < 4.78 is 77.0. The quantitative estimate of drug-likeness (QED) is 0.0700. The lowest BCUT2D eigenvalue weighted by Gasteiger charge is -2.42. The van der Waals surface area contributed by atoms with Crippen LogP contribution < -0.4 is 14.9 Å². The third-order valence-electron chi connectivity index (χ3n) is 5.06. The predicted molar refractivity (Wildman–Crippen MR) is 149 cm³/mol. The van der Waals surface area contributed by atoms with E-state index in [0.717, 1.165) is 13.2 Å². The van der Waals surface area contributed by atoms with E-state index in [-0.39, 0.29) is 15.6 Å². The number of nitrogens with zero attached hydrogens (tertiary/aromatic N) is 1. The molecule has 0 aromatic heterocycles. The smallest absolute Gasteiger partial charge is 0.459 e. The summed E-state index contributed by atoms with van der Waals surface area (Å²) >= 11 is 9.51. The van der Waals surface area contributed by atoms with Crippen molar-refractivity contribution in [2.75, 3.05) is 20.8 Å². The van der Waals surface area contributed by atoms with Gasteiger partial charge in [0.1, 0.15) is 24.0 Å². The molecule has 5 unspecified atom stereocenters. The maximum Gasteiger partial charge on any atom is 0.459 e. The fraction of sp³-hybridized carbons (Fsp3) is 0.522. The van der Waals surface area contributed by atoms with Crippen molar-refractivity contribution in [3.63, 3.8) is 0 Å². The molecule has 40 heavy (non-hydrogen) atoms. The Morgan fingerprint density at radius 1 is 1.23 bits per heavy atom. The van der Waals surface area contributed by atoms with Gasteiger partial charge in [-0.1, -0.05) is 42.6 Å². The zero-order valence-corrected chi connectivity index (χ0v) is 24.9. The summed E-state index contributed by atoms with van der Waals surface area (Å²) in [6.45, 7) is 3.49. The van der Waals surface area contributed by atoms with Gasteiger partial charge in [-0.05, 0) is 39.0 Å². The Morgan fingerprint density at radius 2 is 1.82 bits per heavy atom. The molecule has 0 aliphatic rings. The molecule has 0 spiro atoms. The number of thiocarbonyl (C=S) groups is 2. The highest BCUT2D eigenvalue weighted by Crippen LogP contribution is 2.46. The molecule has 17 heteroatoms. The summed E-state index contributed by atoms with van der Waals surface area (Å²) in [7, 11) is -2.19. The topological polar surface area (TPSA) is 139 Å². The van der Waals surface area contributed by atoms with Crippen LogP contribution in [0.2, 0.25) is 0 Å². The second-order valence-corrected chi connectivity index (χ2v) is 10.8. The van der Waals surface area contributed by atoms with Crippen LogP contribution in [0.1, 0.15) is 20.8 Å². The highest BCUT2D eigenvalue weighted by molar-refractivity contribution is 7.80. The molecule has 0 fully saturated rings. The Hall–Kier alpha value is -2.17. The molecule has 0 aliphatic carbocycles. The number of ether oxygens (including phenoxy) is 2. The minimum atomic E-state index is -5.50. The van der Waals surface area contributed by atoms with E-state index in [9.17, 15) is 32.7 Å². The number of likely N-dealkylation sites (N-methyl/N-ethyl adjacent to an activating group) is 1. The molecule has 0 saturated heterocycles. The lowest BCUT2D eigenvalue weighted by atomic mass is 9.99. The Balaban J connectivity index is 3.34. The van der Waals surface area contributed by atoms with Crippen LogP contribution in [0.25, 0.3) is 0 Å². The number of para-hydroxylation sites is 1. The van der Waals surface area contributed by atoms with Gasteiger partial charge in [-0.25, -0.2) is 4.57 Å². The van der Waals surface area contributed by atoms with Gasteiger partial charge in [0.05, 0.1) is 23.2 Å². The number of carbonyl (C=O) groups excluding carboxylic acids is 1. The number of rotatable bonds is 16. The molecule has 0 saturated carbocycles. The van der Waals surface area contributed by atoms with Crippen molar-refractivity contribution in [2.45, 2.75) is 57.0 Å². The summed E-state index contributed by atoms with van der Waals surface area (Å²) in [6.07, 6.45) is -9.02. The number of hydrogen-bond donors (Lipinski definition) is 4. The number of aliphatic hydroxyl groups is 2. The monoisotopic (exact) mass is 631 g/mol. The van der Waals surface area contributed by atoms with Gasteiger partial charge in [0.25, 0.3) is 5.72 Å². The van der Waals surface area contributed by atoms with Gasteiger partial charge in [-0.3, -0.25) is 9.32 Å². The van der Waals surface area contributed by atoms with Crippen molar-refractivity contribution in [3.05, 3.63) is 42.6 Å². The molecule has 1 aromatic rings. The number of esters is 1. The first-order valence-electron chi connectivity index (χ1n) is 11.7. The van der Waals surface area contributed by atoms with Crippen LogP contribution in [-0.4, -0.2) is 88.6 Å². The Morgan fingerprint density at radius 3 is 2.30 bits per heavy atom. The van der Waals surface area contributed by atoms with Crippen molar-refractivity contribution in [2.24, 2.45) is 0 Å². The van der Waals surface area contributed by atoms with Crippen molar-refractivity contribution >= 4 is 48.6 Å². The minimum Gasteiger partial charge on any atom is -0.462 e.